The summed E-state index contributed by atoms with van der Waals surface area (Å²) in [7, 11) is 0. The van der Waals surface area contributed by atoms with Crippen LogP contribution in [0.2, 0.25) is 0 Å². The van der Waals surface area contributed by atoms with Crippen LogP contribution in [-0.2, 0) is 6.54 Å². The number of hydrogen-bond donors (Lipinski definition) is 1. The zero-order valence-corrected chi connectivity index (χ0v) is 10.2. The Labute approximate surface area is 112 Å². The van der Waals surface area contributed by atoms with Crippen LogP contribution >= 0.6 is 0 Å². The summed E-state index contributed by atoms with van der Waals surface area (Å²) < 4.78 is 5.97. The molecule has 7 heteroatoms. The third-order valence-electron chi connectivity index (χ3n) is 2.87. The van der Waals surface area contributed by atoms with E-state index in [9.17, 15) is 14.7 Å². The van der Waals surface area contributed by atoms with Crippen molar-refractivity contribution in [2.24, 2.45) is 0 Å². The van der Waals surface area contributed by atoms with Crippen LogP contribution < -0.4 is 5.56 Å². The van der Waals surface area contributed by atoms with Crippen LogP contribution in [0, 0.1) is 0 Å². The fraction of sp³-hybridized carbons (Fsp3) is 0.0769. The van der Waals surface area contributed by atoms with Gasteiger partial charge in [0.1, 0.15) is 6.54 Å². The molecule has 0 saturated heterocycles. The average molecular weight is 271 g/mol. The van der Waals surface area contributed by atoms with E-state index in [0.29, 0.717) is 16.5 Å². The summed E-state index contributed by atoms with van der Waals surface area (Å²) in [5.41, 5.74) is -0.540. The minimum atomic E-state index is -1.19. The van der Waals surface area contributed by atoms with Crippen molar-refractivity contribution in [2.45, 2.75) is 6.54 Å². The molecule has 1 aromatic carbocycles. The molecule has 100 valence electrons. The lowest BCUT2D eigenvalue weighted by Gasteiger charge is -2.07. The van der Waals surface area contributed by atoms with Gasteiger partial charge in [-0.2, -0.15) is 5.10 Å². The molecule has 0 bridgehead atoms. The van der Waals surface area contributed by atoms with Crippen LogP contribution in [0.1, 0.15) is 16.2 Å². The Morgan fingerprint density at radius 3 is 2.65 bits per heavy atom. The van der Waals surface area contributed by atoms with Gasteiger partial charge in [0.2, 0.25) is 0 Å². The number of aromatic carboxylic acids is 1. The van der Waals surface area contributed by atoms with Crippen LogP contribution in [0.15, 0.2) is 45.8 Å². The highest BCUT2D eigenvalue weighted by molar-refractivity contribution is 6.01. The Morgan fingerprint density at radius 2 is 2.00 bits per heavy atom. The van der Waals surface area contributed by atoms with E-state index in [2.05, 4.69) is 10.3 Å². The average Bonchev–Trinajstić information content (AvgIpc) is 2.94. The summed E-state index contributed by atoms with van der Waals surface area (Å²) in [6.07, 6.45) is 1.44. The van der Waals surface area contributed by atoms with Crippen molar-refractivity contribution < 1.29 is 14.4 Å². The summed E-state index contributed by atoms with van der Waals surface area (Å²) in [5, 5.41) is 17.3. The van der Waals surface area contributed by atoms with Gasteiger partial charge in [-0.25, -0.2) is 9.48 Å². The van der Waals surface area contributed by atoms with E-state index in [0.717, 1.165) is 4.68 Å². The Morgan fingerprint density at radius 1 is 1.25 bits per heavy atom. The second kappa shape index (κ2) is 4.61. The number of nitrogens with zero attached hydrogens (tertiary/aromatic N) is 3. The third kappa shape index (κ3) is 1.95. The number of aromatic nitrogens is 3. The molecule has 0 unspecified atom stereocenters. The molecule has 0 spiro atoms. The molecule has 0 amide bonds. The van der Waals surface area contributed by atoms with Crippen molar-refractivity contribution in [3.8, 4) is 0 Å². The largest absolute Gasteiger partial charge is 0.476 e. The van der Waals surface area contributed by atoms with Crippen LogP contribution in [0.4, 0.5) is 0 Å². The van der Waals surface area contributed by atoms with Gasteiger partial charge in [0.15, 0.2) is 11.5 Å². The lowest BCUT2D eigenvalue weighted by molar-refractivity contribution is 0.0690. The number of carboxylic acid groups (broad SMARTS) is 1. The first-order chi connectivity index (χ1) is 9.66. The van der Waals surface area contributed by atoms with Gasteiger partial charge in [-0.3, -0.25) is 4.79 Å². The zero-order chi connectivity index (χ0) is 14.1. The molecule has 2 heterocycles. The fourth-order valence-corrected chi connectivity index (χ4v) is 1.97. The number of hydrogen-bond acceptors (Lipinski definition) is 5. The normalized spacial score (nSPS) is 10.8. The Kier molecular flexibility index (Phi) is 2.79. The highest BCUT2D eigenvalue weighted by Gasteiger charge is 2.16. The summed E-state index contributed by atoms with van der Waals surface area (Å²) in [6, 6.07) is 8.06. The zero-order valence-electron chi connectivity index (χ0n) is 10.2. The molecule has 0 atom stereocenters. The Hall–Kier alpha value is -2.96. The lowest BCUT2D eigenvalue weighted by Crippen LogP contribution is -2.26. The van der Waals surface area contributed by atoms with Gasteiger partial charge in [-0.05, 0) is 6.07 Å². The van der Waals surface area contributed by atoms with Gasteiger partial charge in [-0.1, -0.05) is 23.4 Å². The molecule has 0 radical (unpaired) electrons. The second-order valence-electron chi connectivity index (χ2n) is 4.14. The minimum absolute atomic E-state index is 0.0317. The van der Waals surface area contributed by atoms with Gasteiger partial charge in [0, 0.05) is 11.5 Å². The van der Waals surface area contributed by atoms with Gasteiger partial charge in [0.05, 0.1) is 11.6 Å². The van der Waals surface area contributed by atoms with E-state index in [-0.39, 0.29) is 17.8 Å². The molecule has 3 rings (SSSR count). The van der Waals surface area contributed by atoms with E-state index >= 15 is 0 Å². The van der Waals surface area contributed by atoms with Gasteiger partial charge < -0.3 is 9.63 Å². The van der Waals surface area contributed by atoms with Crippen molar-refractivity contribution in [2.75, 3.05) is 0 Å². The van der Waals surface area contributed by atoms with Crippen LogP contribution in [0.5, 0.6) is 0 Å². The first-order valence-corrected chi connectivity index (χ1v) is 5.79. The quantitative estimate of drug-likeness (QED) is 0.766. The van der Waals surface area contributed by atoms with E-state index in [1.54, 1.807) is 30.3 Å². The predicted octanol–water partition coefficient (Wildman–Crippen LogP) is 1.13. The molecule has 2 aromatic heterocycles. The molecular formula is C13H9N3O4. The topological polar surface area (TPSA) is 98.2 Å². The molecule has 7 nitrogen and oxygen atoms in total. The molecule has 0 aliphatic heterocycles. The smallest absolute Gasteiger partial charge is 0.357 e. The van der Waals surface area contributed by atoms with Crippen molar-refractivity contribution in [3.05, 3.63) is 58.3 Å². The third-order valence-corrected chi connectivity index (χ3v) is 2.87. The standard InChI is InChI=1S/C13H9N3O4/c17-12-10-4-2-1-3-9(10)11(13(18)19)15-16(12)7-8-5-6-14-20-8/h1-6H,7H2,(H,18,19). The van der Waals surface area contributed by atoms with Gasteiger partial charge in [-0.15, -0.1) is 0 Å². The maximum absolute atomic E-state index is 12.3. The molecule has 0 aliphatic carbocycles. The number of carbonyl (C=O) groups is 1. The molecule has 0 fully saturated rings. The molecule has 3 aromatic rings. The highest BCUT2D eigenvalue weighted by atomic mass is 16.5. The van der Waals surface area contributed by atoms with Crippen molar-refractivity contribution in [3.63, 3.8) is 0 Å². The summed E-state index contributed by atoms with van der Waals surface area (Å²) in [5.74, 6) is -0.765. The molecular weight excluding hydrogens is 262 g/mol. The maximum Gasteiger partial charge on any atom is 0.357 e. The molecule has 0 saturated carbocycles. The van der Waals surface area contributed by atoms with E-state index in [1.807, 2.05) is 0 Å². The first kappa shape index (κ1) is 12.1. The number of benzene rings is 1. The molecule has 1 N–H and O–H groups in total. The van der Waals surface area contributed by atoms with Crippen LogP contribution in [0.3, 0.4) is 0 Å². The summed E-state index contributed by atoms with van der Waals surface area (Å²) in [6.45, 7) is 0.0317. The first-order valence-electron chi connectivity index (χ1n) is 5.79. The minimum Gasteiger partial charge on any atom is -0.476 e. The Balaban J connectivity index is 2.25. The number of rotatable bonds is 3. The second-order valence-corrected chi connectivity index (χ2v) is 4.14. The monoisotopic (exact) mass is 271 g/mol. The van der Waals surface area contributed by atoms with Crippen LogP contribution in [-0.4, -0.2) is 26.0 Å². The Bertz CT molecular complexity index is 836. The lowest BCUT2D eigenvalue weighted by atomic mass is 10.1. The van der Waals surface area contributed by atoms with E-state index in [1.165, 1.54) is 6.20 Å². The number of carboxylic acids is 1. The molecule has 20 heavy (non-hydrogen) atoms. The van der Waals surface area contributed by atoms with Gasteiger partial charge >= 0.3 is 5.97 Å². The van der Waals surface area contributed by atoms with Crippen molar-refractivity contribution in [1.82, 2.24) is 14.9 Å². The SMILES string of the molecule is O=C(O)c1nn(Cc2ccno2)c(=O)c2ccccc12. The summed E-state index contributed by atoms with van der Waals surface area (Å²) in [4.78, 5) is 23.5. The van der Waals surface area contributed by atoms with Gasteiger partial charge in [0.25, 0.3) is 5.56 Å². The highest BCUT2D eigenvalue weighted by Crippen LogP contribution is 2.13. The van der Waals surface area contributed by atoms with Crippen molar-refractivity contribution in [1.29, 1.82) is 0 Å². The number of fused-ring (bicyclic) bond motifs is 1. The van der Waals surface area contributed by atoms with Crippen molar-refractivity contribution >= 4 is 16.7 Å². The summed E-state index contributed by atoms with van der Waals surface area (Å²) >= 11 is 0. The fourth-order valence-electron chi connectivity index (χ4n) is 1.97. The predicted molar refractivity (Wildman–Crippen MR) is 68.6 cm³/mol. The van der Waals surface area contributed by atoms with E-state index < -0.39 is 5.97 Å². The maximum atomic E-state index is 12.3. The van der Waals surface area contributed by atoms with Crippen LogP contribution in [0.25, 0.3) is 10.8 Å². The van der Waals surface area contributed by atoms with E-state index in [4.69, 9.17) is 4.52 Å². The molecule has 0 aliphatic rings.